The monoisotopic (exact) mass is 468 g/mol. The molecule has 31 heavy (non-hydrogen) atoms. The minimum atomic E-state index is -4.50. The topological polar surface area (TPSA) is 54.4 Å². The van der Waals surface area contributed by atoms with Crippen LogP contribution in [-0.4, -0.2) is 13.0 Å². The molecule has 3 nitrogen and oxygen atoms in total. The van der Waals surface area contributed by atoms with Crippen LogP contribution in [0.1, 0.15) is 5.56 Å². The van der Waals surface area contributed by atoms with Crippen molar-refractivity contribution in [3.05, 3.63) is 114 Å². The van der Waals surface area contributed by atoms with Crippen LogP contribution < -0.4 is 21.2 Å². The van der Waals surface area contributed by atoms with Crippen LogP contribution in [0, 0.1) is 6.92 Å². The van der Waals surface area contributed by atoms with Crippen molar-refractivity contribution in [3.8, 4) is 0 Å². The summed E-state index contributed by atoms with van der Waals surface area (Å²) < 4.78 is 35.4. The standard InChI is InChI=1S/C25H22ClO3PS/c1-19-17-25(31(27,28)29)24(18-23(19)26)30(20-11-5-2-6-12-20,21-13-7-3-8-14-21)22-15-9-4-10-16-22/h2-18,30H,1H3,(H,27,28,29). The Kier molecular flexibility index (Phi) is 6.00. The van der Waals surface area contributed by atoms with Gasteiger partial charge >= 0.3 is 189 Å². The van der Waals surface area contributed by atoms with E-state index in [9.17, 15) is 13.0 Å². The second kappa shape index (κ2) is 8.57. The molecule has 0 amide bonds. The first-order valence-electron chi connectivity index (χ1n) is 9.80. The van der Waals surface area contributed by atoms with E-state index in [4.69, 9.17) is 11.6 Å². The molecule has 6 heteroatoms. The summed E-state index contributed by atoms with van der Waals surface area (Å²) >= 11 is 6.55. The van der Waals surface area contributed by atoms with Crippen molar-refractivity contribution < 1.29 is 13.0 Å². The van der Waals surface area contributed by atoms with Gasteiger partial charge in [0.2, 0.25) is 0 Å². The molecule has 0 aromatic heterocycles. The Balaban J connectivity index is 2.27. The molecule has 0 unspecified atom stereocenters. The fraction of sp³-hybridized carbons (Fsp3) is 0.0400. The van der Waals surface area contributed by atoms with Gasteiger partial charge in [0.25, 0.3) is 0 Å². The van der Waals surface area contributed by atoms with Crippen LogP contribution in [-0.2, 0) is 10.1 Å². The van der Waals surface area contributed by atoms with Crippen molar-refractivity contribution in [1.82, 2.24) is 0 Å². The number of hydrogen-bond acceptors (Lipinski definition) is 2. The maximum absolute atomic E-state index is 12.6. The van der Waals surface area contributed by atoms with Gasteiger partial charge in [-0.15, -0.1) is 0 Å². The molecule has 0 saturated carbocycles. The second-order valence-corrected chi connectivity index (χ2v) is 13.0. The second-order valence-electron chi connectivity index (χ2n) is 7.42. The van der Waals surface area contributed by atoms with Gasteiger partial charge in [0.05, 0.1) is 0 Å². The van der Waals surface area contributed by atoms with E-state index in [1.165, 1.54) is 6.07 Å². The van der Waals surface area contributed by atoms with Crippen LogP contribution in [0.3, 0.4) is 0 Å². The van der Waals surface area contributed by atoms with Gasteiger partial charge in [0.15, 0.2) is 0 Å². The normalized spacial score (nSPS) is 12.5. The number of halogens is 1. The van der Waals surface area contributed by atoms with Gasteiger partial charge in [-0.25, -0.2) is 0 Å². The quantitative estimate of drug-likeness (QED) is 0.352. The van der Waals surface area contributed by atoms with Crippen molar-refractivity contribution in [2.24, 2.45) is 0 Å². The van der Waals surface area contributed by atoms with E-state index < -0.39 is 17.4 Å². The Labute approximate surface area is 188 Å². The van der Waals surface area contributed by atoms with Crippen LogP contribution in [0.5, 0.6) is 0 Å². The maximum atomic E-state index is 12.6. The van der Waals surface area contributed by atoms with Gasteiger partial charge in [-0.1, -0.05) is 0 Å². The third-order valence-electron chi connectivity index (χ3n) is 5.56. The molecular formula is C25H22ClO3PS. The average Bonchev–Trinajstić information content (AvgIpc) is 2.78. The molecule has 4 aromatic carbocycles. The summed E-state index contributed by atoms with van der Waals surface area (Å²) in [6, 6.07) is 32.8. The van der Waals surface area contributed by atoms with Crippen LogP contribution in [0.4, 0.5) is 0 Å². The first kappa shape index (κ1) is 21.7. The number of benzene rings is 4. The number of rotatable bonds is 5. The van der Waals surface area contributed by atoms with Crippen LogP contribution in [0.2, 0.25) is 5.02 Å². The van der Waals surface area contributed by atoms with E-state index in [-0.39, 0.29) is 4.90 Å². The predicted octanol–water partition coefficient (Wildman–Crippen LogP) is 4.25. The van der Waals surface area contributed by atoms with Gasteiger partial charge in [-0.05, 0) is 0 Å². The van der Waals surface area contributed by atoms with E-state index in [1.807, 2.05) is 91.0 Å². The first-order chi connectivity index (χ1) is 14.8. The summed E-state index contributed by atoms with van der Waals surface area (Å²) in [4.78, 5) is -0.0994. The van der Waals surface area contributed by atoms with Crippen molar-refractivity contribution in [3.63, 3.8) is 0 Å². The zero-order valence-corrected chi connectivity index (χ0v) is 19.4. The summed E-state index contributed by atoms with van der Waals surface area (Å²) in [7, 11) is -7.64. The molecule has 158 valence electrons. The fourth-order valence-corrected chi connectivity index (χ4v) is 10.8. The van der Waals surface area contributed by atoms with Crippen molar-refractivity contribution in [2.45, 2.75) is 11.8 Å². The van der Waals surface area contributed by atoms with E-state index in [2.05, 4.69) is 0 Å². The van der Waals surface area contributed by atoms with Gasteiger partial charge < -0.3 is 0 Å². The molecule has 0 fully saturated rings. The molecule has 0 saturated heterocycles. The Bertz CT molecular complexity index is 1210. The molecule has 4 rings (SSSR count). The van der Waals surface area contributed by atoms with Crippen molar-refractivity contribution in [1.29, 1.82) is 0 Å². The van der Waals surface area contributed by atoms with Crippen LogP contribution in [0.25, 0.3) is 0 Å². The zero-order valence-electron chi connectivity index (χ0n) is 16.9. The van der Waals surface area contributed by atoms with Gasteiger partial charge in [-0.3, -0.25) is 0 Å². The van der Waals surface area contributed by atoms with Crippen LogP contribution >= 0.6 is 18.9 Å². The van der Waals surface area contributed by atoms with Gasteiger partial charge in [-0.2, -0.15) is 0 Å². The van der Waals surface area contributed by atoms with Crippen molar-refractivity contribution in [2.75, 3.05) is 0 Å². The van der Waals surface area contributed by atoms with Crippen molar-refractivity contribution >= 4 is 50.2 Å². The minimum absolute atomic E-state index is 0.0994. The van der Waals surface area contributed by atoms with Gasteiger partial charge in [0.1, 0.15) is 0 Å². The molecule has 0 radical (unpaired) electrons. The summed E-state index contributed by atoms with van der Waals surface area (Å²) in [6.45, 7) is 1.73. The Morgan fingerprint density at radius 2 is 1.10 bits per heavy atom. The van der Waals surface area contributed by atoms with E-state index in [0.29, 0.717) is 15.9 Å². The molecule has 0 aliphatic carbocycles. The summed E-state index contributed by atoms with van der Waals surface area (Å²) in [6.07, 6.45) is 0. The summed E-state index contributed by atoms with van der Waals surface area (Å²) in [5.41, 5.74) is 0.593. The molecule has 0 spiro atoms. The predicted molar refractivity (Wildman–Crippen MR) is 132 cm³/mol. The Morgan fingerprint density at radius 3 is 1.45 bits per heavy atom. The SMILES string of the molecule is Cc1cc(S(=O)(=O)O)c([PH](c2ccccc2)(c2ccccc2)c2ccccc2)cc1Cl. The summed E-state index contributed by atoms with van der Waals surface area (Å²) in [5, 5.41) is 3.99. The molecule has 4 aromatic rings. The van der Waals surface area contributed by atoms with E-state index >= 15 is 0 Å². The molecule has 0 atom stereocenters. The number of aryl methyl sites for hydroxylation is 1. The van der Waals surface area contributed by atoms with Crippen LogP contribution in [0.15, 0.2) is 108 Å². The third kappa shape index (κ3) is 3.93. The molecule has 0 heterocycles. The fourth-order valence-electron chi connectivity index (χ4n) is 4.19. The molecule has 0 bridgehead atoms. The summed E-state index contributed by atoms with van der Waals surface area (Å²) in [5.74, 6) is 0. The number of hydrogen-bond donors (Lipinski definition) is 1. The molecule has 0 aliphatic heterocycles. The Hall–Kier alpha value is -2.49. The zero-order chi connectivity index (χ0) is 22.1. The Morgan fingerprint density at radius 1 is 0.710 bits per heavy atom. The average molecular weight is 469 g/mol. The van der Waals surface area contributed by atoms with E-state index in [1.54, 1.807) is 13.0 Å². The third-order valence-corrected chi connectivity index (χ3v) is 11.9. The molecular weight excluding hydrogens is 447 g/mol. The first-order valence-corrected chi connectivity index (χ1v) is 13.6. The van der Waals surface area contributed by atoms with E-state index in [0.717, 1.165) is 15.9 Å². The molecule has 1 N–H and O–H groups in total. The molecule has 0 aliphatic rings. The van der Waals surface area contributed by atoms with Gasteiger partial charge in [0, 0.05) is 0 Å².